The first kappa shape index (κ1) is 24.7. The van der Waals surface area contributed by atoms with Crippen molar-refractivity contribution < 1.29 is 19.1 Å². The molecule has 2 aliphatic rings. The van der Waals surface area contributed by atoms with E-state index >= 15 is 0 Å². The van der Waals surface area contributed by atoms with E-state index in [1.165, 1.54) is 17.0 Å². The Balaban J connectivity index is 1.63. The summed E-state index contributed by atoms with van der Waals surface area (Å²) < 4.78 is 14.3. The molecule has 0 spiro atoms. The summed E-state index contributed by atoms with van der Waals surface area (Å²) in [5.74, 6) is -0.765. The Labute approximate surface area is 207 Å². The molecular formula is C24H27Cl2FN4O3. The van der Waals surface area contributed by atoms with E-state index in [0.717, 1.165) is 5.82 Å². The second-order valence-corrected chi connectivity index (χ2v) is 9.61. The van der Waals surface area contributed by atoms with E-state index in [1.807, 2.05) is 6.07 Å². The van der Waals surface area contributed by atoms with Crippen LogP contribution in [0.1, 0.15) is 31.2 Å². The average molecular weight is 509 g/mol. The van der Waals surface area contributed by atoms with Gasteiger partial charge in [0.2, 0.25) is 0 Å². The van der Waals surface area contributed by atoms with Crippen LogP contribution in [0.5, 0.6) is 0 Å². The van der Waals surface area contributed by atoms with Crippen molar-refractivity contribution in [1.82, 2.24) is 15.2 Å². The molecular weight excluding hydrogens is 482 g/mol. The van der Waals surface area contributed by atoms with Gasteiger partial charge in [-0.25, -0.2) is 14.2 Å². The van der Waals surface area contributed by atoms with Crippen LogP contribution < -0.4 is 10.2 Å². The highest BCUT2D eigenvalue weighted by Crippen LogP contribution is 2.42. The average Bonchev–Trinajstić information content (AvgIpc) is 3.27. The number of anilines is 1. The van der Waals surface area contributed by atoms with Crippen LogP contribution in [0.3, 0.4) is 0 Å². The third kappa shape index (κ3) is 4.46. The Morgan fingerprint density at radius 3 is 2.59 bits per heavy atom. The second-order valence-electron chi connectivity index (χ2n) is 8.77. The molecule has 2 aromatic rings. The van der Waals surface area contributed by atoms with Gasteiger partial charge in [0.25, 0.3) is 0 Å². The van der Waals surface area contributed by atoms with Gasteiger partial charge in [0, 0.05) is 50.8 Å². The number of nitrogens with one attached hydrogen (secondary N) is 1. The quantitative estimate of drug-likeness (QED) is 0.599. The van der Waals surface area contributed by atoms with Crippen LogP contribution >= 0.6 is 23.2 Å². The molecule has 0 bridgehead atoms. The van der Waals surface area contributed by atoms with Crippen molar-refractivity contribution in [2.75, 3.05) is 37.6 Å². The van der Waals surface area contributed by atoms with Gasteiger partial charge in [-0.2, -0.15) is 0 Å². The topological polar surface area (TPSA) is 85.8 Å². The number of hydrogen-bond acceptors (Lipinski definition) is 5. The number of likely N-dealkylation sites (N-methyl/N-ethyl adjacent to an activating group) is 1. The van der Waals surface area contributed by atoms with Crippen LogP contribution in [0, 0.1) is 11.7 Å². The first-order valence-electron chi connectivity index (χ1n) is 11.3. The number of aromatic nitrogens is 1. The van der Waals surface area contributed by atoms with Gasteiger partial charge >= 0.3 is 6.09 Å². The van der Waals surface area contributed by atoms with Crippen LogP contribution in [0.2, 0.25) is 10.0 Å². The predicted molar refractivity (Wildman–Crippen MR) is 129 cm³/mol. The number of Topliss-reactive ketones (excluding diaryl/α,β-unsaturated/α-hetero) is 1. The second kappa shape index (κ2) is 10.1. The zero-order chi connectivity index (χ0) is 24.5. The summed E-state index contributed by atoms with van der Waals surface area (Å²) in [5, 5.41) is 13.8. The lowest BCUT2D eigenvalue weighted by Crippen LogP contribution is -2.63. The zero-order valence-electron chi connectivity index (χ0n) is 18.8. The Bertz CT molecular complexity index is 1060. The van der Waals surface area contributed by atoms with Gasteiger partial charge in [-0.15, -0.1) is 0 Å². The number of amides is 1. The van der Waals surface area contributed by atoms with E-state index in [4.69, 9.17) is 23.2 Å². The molecule has 182 valence electrons. The van der Waals surface area contributed by atoms with Gasteiger partial charge in [0.1, 0.15) is 17.2 Å². The fraction of sp³-hybridized carbons (Fsp3) is 0.458. The summed E-state index contributed by atoms with van der Waals surface area (Å²) in [6.07, 6.45) is 1.57. The zero-order valence-corrected chi connectivity index (χ0v) is 20.3. The van der Waals surface area contributed by atoms with Gasteiger partial charge < -0.3 is 15.3 Å². The lowest BCUT2D eigenvalue weighted by molar-refractivity contribution is -0.135. The molecule has 2 atom stereocenters. The standard InChI is InChI=1S/C24H27Cl2FN4O3/c1-2-31(23(33)34)24(14-28-13-18(24)16-3-5-19(26)20(27)11-16)22(32)15-7-9-30(10-8-15)21-6-4-17(25)12-29-21/h3-6,11-12,15,18,28H,2,7-10,13-14H2,1H3,(H,33,34)/t18-,24+/m0/s1. The molecule has 0 radical (unpaired) electrons. The lowest BCUT2D eigenvalue weighted by atomic mass is 9.71. The van der Waals surface area contributed by atoms with Crippen LogP contribution in [-0.2, 0) is 4.79 Å². The van der Waals surface area contributed by atoms with Gasteiger partial charge in [0.05, 0.1) is 10.0 Å². The van der Waals surface area contributed by atoms with E-state index in [9.17, 15) is 19.1 Å². The first-order valence-corrected chi connectivity index (χ1v) is 12.1. The summed E-state index contributed by atoms with van der Waals surface area (Å²) in [6, 6.07) is 8.07. The summed E-state index contributed by atoms with van der Waals surface area (Å²) in [7, 11) is 0. The minimum absolute atomic E-state index is 0.0135. The van der Waals surface area contributed by atoms with Gasteiger partial charge in [-0.3, -0.25) is 9.69 Å². The molecule has 1 aromatic carbocycles. The van der Waals surface area contributed by atoms with Crippen molar-refractivity contribution in [1.29, 1.82) is 0 Å². The maximum atomic E-state index is 14.3. The monoisotopic (exact) mass is 508 g/mol. The van der Waals surface area contributed by atoms with Crippen LogP contribution in [-0.4, -0.2) is 65.1 Å². The SMILES string of the molecule is CCN(C(=O)O)[C@]1(C(=O)C2CCN(c3ccc(Cl)cn3)CC2)CNC[C@H]1c1ccc(Cl)c(F)c1. The number of halogens is 3. The molecule has 2 fully saturated rings. The molecule has 2 N–H and O–H groups in total. The molecule has 2 aliphatic heterocycles. The summed E-state index contributed by atoms with van der Waals surface area (Å²) in [6.45, 7) is 3.64. The normalized spacial score (nSPS) is 23.2. The Morgan fingerprint density at radius 2 is 2.00 bits per heavy atom. The van der Waals surface area contributed by atoms with Crippen molar-refractivity contribution in [3.8, 4) is 0 Å². The van der Waals surface area contributed by atoms with Gasteiger partial charge in [0.15, 0.2) is 5.78 Å². The molecule has 4 rings (SSSR count). The predicted octanol–water partition coefficient (Wildman–Crippen LogP) is 4.44. The Hall–Kier alpha value is -2.42. The molecule has 1 amide bonds. The molecule has 1 aromatic heterocycles. The minimum atomic E-state index is -1.33. The number of carboxylic acid groups (broad SMARTS) is 1. The highest BCUT2D eigenvalue weighted by Gasteiger charge is 2.56. The maximum Gasteiger partial charge on any atom is 0.408 e. The third-order valence-electron chi connectivity index (χ3n) is 7.02. The number of pyridine rings is 1. The number of piperidine rings is 1. The molecule has 0 unspecified atom stereocenters. The number of nitrogens with zero attached hydrogens (tertiary/aromatic N) is 3. The molecule has 7 nitrogen and oxygen atoms in total. The number of carbonyl (C=O) groups is 2. The molecule has 0 aliphatic carbocycles. The maximum absolute atomic E-state index is 14.3. The van der Waals surface area contributed by atoms with Gasteiger partial charge in [-0.1, -0.05) is 29.3 Å². The van der Waals surface area contributed by atoms with E-state index in [0.29, 0.717) is 43.1 Å². The Kier molecular flexibility index (Phi) is 7.31. The highest BCUT2D eigenvalue weighted by molar-refractivity contribution is 6.30. The van der Waals surface area contributed by atoms with Crippen LogP contribution in [0.25, 0.3) is 0 Å². The number of ketones is 1. The number of hydrogen-bond donors (Lipinski definition) is 2. The molecule has 34 heavy (non-hydrogen) atoms. The Morgan fingerprint density at radius 1 is 1.26 bits per heavy atom. The minimum Gasteiger partial charge on any atom is -0.465 e. The molecule has 2 saturated heterocycles. The first-order chi connectivity index (χ1) is 16.3. The smallest absolute Gasteiger partial charge is 0.408 e. The number of rotatable bonds is 6. The van der Waals surface area contributed by atoms with Gasteiger partial charge in [-0.05, 0) is 49.6 Å². The van der Waals surface area contributed by atoms with Crippen molar-refractivity contribution in [2.45, 2.75) is 31.2 Å². The third-order valence-corrected chi connectivity index (χ3v) is 7.55. The summed E-state index contributed by atoms with van der Waals surface area (Å²) in [4.78, 5) is 34.1. The van der Waals surface area contributed by atoms with Crippen LogP contribution in [0.4, 0.5) is 15.0 Å². The van der Waals surface area contributed by atoms with E-state index in [-0.39, 0.29) is 29.8 Å². The molecule has 3 heterocycles. The van der Waals surface area contributed by atoms with E-state index in [1.54, 1.807) is 25.3 Å². The fourth-order valence-corrected chi connectivity index (χ4v) is 5.59. The number of carbonyl (C=O) groups excluding carboxylic acids is 1. The summed E-state index contributed by atoms with van der Waals surface area (Å²) in [5.41, 5.74) is -0.769. The highest BCUT2D eigenvalue weighted by atomic mass is 35.5. The molecule has 10 heteroatoms. The van der Waals surface area contributed by atoms with E-state index < -0.39 is 23.4 Å². The van der Waals surface area contributed by atoms with Crippen molar-refractivity contribution in [3.05, 3.63) is 58.0 Å². The van der Waals surface area contributed by atoms with E-state index in [2.05, 4.69) is 15.2 Å². The summed E-state index contributed by atoms with van der Waals surface area (Å²) >= 11 is 11.8. The number of benzene rings is 1. The fourth-order valence-electron chi connectivity index (χ4n) is 5.36. The van der Waals surface area contributed by atoms with Crippen LogP contribution in [0.15, 0.2) is 36.5 Å². The van der Waals surface area contributed by atoms with Crippen molar-refractivity contribution in [3.63, 3.8) is 0 Å². The molecule has 0 saturated carbocycles. The largest absolute Gasteiger partial charge is 0.465 e. The van der Waals surface area contributed by atoms with Crippen molar-refractivity contribution in [2.24, 2.45) is 5.92 Å². The van der Waals surface area contributed by atoms with Crippen molar-refractivity contribution >= 4 is 40.9 Å². The lowest BCUT2D eigenvalue weighted by Gasteiger charge is -2.45.